The first-order valence-electron chi connectivity index (χ1n) is 8.70. The van der Waals surface area contributed by atoms with Gasteiger partial charge in [0.25, 0.3) is 0 Å². The van der Waals surface area contributed by atoms with Crippen LogP contribution in [0.5, 0.6) is 0 Å². The minimum absolute atomic E-state index is 0.596. The van der Waals surface area contributed by atoms with Gasteiger partial charge in [-0.3, -0.25) is 0 Å². The maximum absolute atomic E-state index is 4.73. The van der Waals surface area contributed by atoms with E-state index in [0.717, 1.165) is 18.4 Å². The molecule has 0 unspecified atom stereocenters. The molecule has 0 atom stereocenters. The molecule has 0 fully saturated rings. The van der Waals surface area contributed by atoms with Crippen molar-refractivity contribution < 1.29 is 0 Å². The minimum atomic E-state index is 0.596. The summed E-state index contributed by atoms with van der Waals surface area (Å²) < 4.78 is 3.49. The van der Waals surface area contributed by atoms with Gasteiger partial charge < -0.3 is 0 Å². The monoisotopic (exact) mass is 462 g/mol. The third kappa shape index (κ3) is 9.88. The van der Waals surface area contributed by atoms with E-state index in [1.54, 1.807) is 0 Å². The molecule has 2 aromatic rings. The average molecular weight is 460 g/mol. The summed E-state index contributed by atoms with van der Waals surface area (Å²) in [5.41, 5.74) is 1.22. The van der Waals surface area contributed by atoms with Crippen molar-refractivity contribution in [3.63, 3.8) is 0 Å². The quantitative estimate of drug-likeness (QED) is 0.626. The Labute approximate surface area is 170 Å². The molecule has 0 spiro atoms. The Morgan fingerprint density at radius 1 is 0.880 bits per heavy atom. The normalized spacial score (nSPS) is 11.2. The van der Waals surface area contributed by atoms with Crippen LogP contribution in [0.4, 0.5) is 5.69 Å². The first-order valence-corrected chi connectivity index (χ1v) is 10.5. The van der Waals surface area contributed by atoms with E-state index < -0.39 is 0 Å². The summed E-state index contributed by atoms with van der Waals surface area (Å²) in [6, 6.07) is 20.5. The molecule has 0 aliphatic carbocycles. The number of nitrogens with zero attached hydrogens (tertiary/aromatic N) is 2. The Morgan fingerprint density at radius 3 is 1.92 bits per heavy atom. The van der Waals surface area contributed by atoms with Crippen molar-refractivity contribution >= 4 is 42.9 Å². The molecule has 0 aliphatic heterocycles. The van der Waals surface area contributed by atoms with E-state index in [4.69, 9.17) is 4.99 Å². The third-order valence-electron chi connectivity index (χ3n) is 3.20. The number of benzene rings is 1. The molecule has 0 saturated heterocycles. The molecule has 2 nitrogen and oxygen atoms in total. The first-order chi connectivity index (χ1) is 11.9. The third-order valence-corrected chi connectivity index (χ3v) is 4.66. The number of rotatable bonds is 5. The fourth-order valence-corrected chi connectivity index (χ4v) is 3.55. The van der Waals surface area contributed by atoms with Crippen LogP contribution in [0.25, 0.3) is 0 Å². The fourth-order valence-electron chi connectivity index (χ4n) is 2.06. The van der Waals surface area contributed by atoms with Crippen LogP contribution in [0.15, 0.2) is 65.7 Å². The Hall–Kier alpha value is -1.03. The maximum atomic E-state index is 4.73. The first kappa shape index (κ1) is 22.0. The second-order valence-electron chi connectivity index (χ2n) is 6.73. The summed E-state index contributed by atoms with van der Waals surface area (Å²) in [6.45, 7) is 10.8. The Kier molecular flexibility index (Phi) is 10.9. The van der Waals surface area contributed by atoms with Gasteiger partial charge in [-0.2, -0.15) is 0 Å². The Bertz CT molecular complexity index is 672. The molecule has 0 heterocycles. The molecule has 2 rings (SSSR count). The van der Waals surface area contributed by atoms with Crippen molar-refractivity contribution in [2.75, 3.05) is 16.9 Å². The van der Waals surface area contributed by atoms with Crippen LogP contribution in [-0.2, 0) is 0 Å². The molecule has 2 aromatic carbocycles. The van der Waals surface area contributed by atoms with Crippen LogP contribution in [0.3, 0.4) is 0 Å². The van der Waals surface area contributed by atoms with Gasteiger partial charge in [-0.05, 0) is 0 Å². The summed E-state index contributed by atoms with van der Waals surface area (Å²) in [5.74, 6) is 1.25. The van der Waals surface area contributed by atoms with Gasteiger partial charge in [0.15, 0.2) is 0 Å². The van der Waals surface area contributed by atoms with Gasteiger partial charge in [-0.1, -0.05) is 0 Å². The molecule has 132 valence electrons. The van der Waals surface area contributed by atoms with Gasteiger partial charge in [-0.25, -0.2) is 0 Å². The van der Waals surface area contributed by atoms with Gasteiger partial charge in [0, 0.05) is 0 Å². The zero-order valence-electron chi connectivity index (χ0n) is 15.6. The fraction of sp³-hybridized carbons (Fsp3) is 0.381. The molecule has 0 aliphatic rings. The molecule has 0 N–H and O–H groups in total. The molecular weight excluding hydrogens is 432 g/mol. The van der Waals surface area contributed by atoms with Crippen molar-refractivity contribution in [3.05, 3.63) is 66.0 Å². The average Bonchev–Trinajstić information content (AvgIpc) is 2.79. The van der Waals surface area contributed by atoms with Gasteiger partial charge in [-0.15, -0.1) is 0 Å². The van der Waals surface area contributed by atoms with Crippen molar-refractivity contribution in [2.24, 2.45) is 16.8 Å². The van der Waals surface area contributed by atoms with Crippen molar-refractivity contribution in [3.8, 4) is 0 Å². The number of anilines is 1. The molecule has 25 heavy (non-hydrogen) atoms. The SMILES string of the molecule is CC(C)CN=c1cccccc1[N]([Ge])CC(C)C.[Se]c1ccccc1. The molecule has 0 aromatic heterocycles. The van der Waals surface area contributed by atoms with Crippen molar-refractivity contribution in [1.29, 1.82) is 0 Å². The topological polar surface area (TPSA) is 15.6 Å². The summed E-state index contributed by atoms with van der Waals surface area (Å²) in [7, 11) is 0. The summed E-state index contributed by atoms with van der Waals surface area (Å²) >= 11 is 5.04. The van der Waals surface area contributed by atoms with E-state index in [1.165, 1.54) is 10.1 Å². The van der Waals surface area contributed by atoms with Gasteiger partial charge in [0.2, 0.25) is 0 Å². The van der Waals surface area contributed by atoms with Gasteiger partial charge >= 0.3 is 170 Å². The van der Waals surface area contributed by atoms with Gasteiger partial charge in [0.05, 0.1) is 0 Å². The summed E-state index contributed by atoms with van der Waals surface area (Å²) in [4.78, 5) is 4.73. The molecule has 0 saturated carbocycles. The Balaban J connectivity index is 0.000000370. The van der Waals surface area contributed by atoms with Crippen LogP contribution < -0.4 is 13.7 Å². The van der Waals surface area contributed by atoms with Crippen LogP contribution in [-0.4, -0.2) is 45.8 Å². The molecule has 0 amide bonds. The second kappa shape index (κ2) is 12.3. The molecule has 0 bridgehead atoms. The predicted molar refractivity (Wildman–Crippen MR) is 111 cm³/mol. The van der Waals surface area contributed by atoms with E-state index in [-0.39, 0.29) is 0 Å². The van der Waals surface area contributed by atoms with Crippen molar-refractivity contribution in [2.45, 2.75) is 27.7 Å². The predicted octanol–water partition coefficient (Wildman–Crippen LogP) is 3.27. The van der Waals surface area contributed by atoms with E-state index >= 15 is 0 Å². The van der Waals surface area contributed by atoms with E-state index in [0.29, 0.717) is 11.8 Å². The summed E-state index contributed by atoms with van der Waals surface area (Å²) in [5, 5.41) is 1.09. The number of hydrogen-bond acceptors (Lipinski definition) is 2. The Morgan fingerprint density at radius 2 is 1.44 bits per heavy atom. The van der Waals surface area contributed by atoms with Gasteiger partial charge in [0.1, 0.15) is 0 Å². The zero-order chi connectivity index (χ0) is 18.7. The zero-order valence-corrected chi connectivity index (χ0v) is 19.5. The number of hydrogen-bond donors (Lipinski definition) is 0. The molecule has 4 radical (unpaired) electrons. The van der Waals surface area contributed by atoms with Crippen LogP contribution >= 0.6 is 0 Å². The van der Waals surface area contributed by atoms with Crippen LogP contribution in [0.2, 0.25) is 0 Å². The van der Waals surface area contributed by atoms with E-state index in [2.05, 4.69) is 94.6 Å². The molecular formula is C21H28GeN2Se. The van der Waals surface area contributed by atoms with Crippen molar-refractivity contribution in [1.82, 2.24) is 0 Å². The summed E-state index contributed by atoms with van der Waals surface area (Å²) in [6.07, 6.45) is 0. The standard InChI is InChI=1S/C15H23GeN2.C6H5Se/c1-12(2)10-17-14-8-6-5-7-9-15(14)18(16)11-13(3)4;7-6-4-2-1-3-5-6/h5-9,12-13H,10-11H2,1-4H3;1-5H. The van der Waals surface area contributed by atoms with E-state index in [9.17, 15) is 0 Å². The van der Waals surface area contributed by atoms with Crippen LogP contribution in [0.1, 0.15) is 27.7 Å². The second-order valence-corrected chi connectivity index (χ2v) is 8.85. The van der Waals surface area contributed by atoms with Crippen LogP contribution in [0, 0.1) is 11.8 Å². The van der Waals surface area contributed by atoms with E-state index in [1.807, 2.05) is 30.3 Å². The molecule has 4 heteroatoms.